The van der Waals surface area contributed by atoms with Crippen molar-refractivity contribution in [2.24, 2.45) is 0 Å². The fourth-order valence-electron chi connectivity index (χ4n) is 2.96. The quantitative estimate of drug-likeness (QED) is 0.794. The summed E-state index contributed by atoms with van der Waals surface area (Å²) in [7, 11) is -3.52. The predicted molar refractivity (Wildman–Crippen MR) is 99.1 cm³/mol. The molecule has 0 aliphatic carbocycles. The summed E-state index contributed by atoms with van der Waals surface area (Å²) >= 11 is 3.31. The molecule has 3 rings (SSSR count). The summed E-state index contributed by atoms with van der Waals surface area (Å²) in [6.07, 6.45) is 2.50. The maximum absolute atomic E-state index is 12.5. The number of halogens is 1. The lowest BCUT2D eigenvalue weighted by Crippen LogP contribution is -2.25. The molecule has 0 unspecified atom stereocenters. The highest BCUT2D eigenvalue weighted by atomic mass is 79.9. The molecule has 0 atom stereocenters. The van der Waals surface area contributed by atoms with E-state index < -0.39 is 10.0 Å². The fraction of sp³-hybridized carbons (Fsp3) is 0.333. The fourth-order valence-corrected chi connectivity index (χ4v) is 4.56. The minimum absolute atomic E-state index is 0.272. The second-order valence-electron chi connectivity index (χ2n) is 6.03. The van der Waals surface area contributed by atoms with Crippen LogP contribution in [0.5, 0.6) is 0 Å². The van der Waals surface area contributed by atoms with E-state index in [0.29, 0.717) is 6.54 Å². The average molecular weight is 409 g/mol. The van der Waals surface area contributed by atoms with E-state index >= 15 is 0 Å². The van der Waals surface area contributed by atoms with Gasteiger partial charge in [0.05, 0.1) is 4.90 Å². The van der Waals surface area contributed by atoms with Crippen molar-refractivity contribution in [3.05, 3.63) is 64.1 Å². The first-order valence-electron chi connectivity index (χ1n) is 8.09. The Labute approximate surface area is 152 Å². The second kappa shape index (κ2) is 7.78. The molecule has 1 N–H and O–H groups in total. The number of sulfonamides is 1. The summed E-state index contributed by atoms with van der Waals surface area (Å²) in [4.78, 5) is 2.69. The summed E-state index contributed by atoms with van der Waals surface area (Å²) in [5.41, 5.74) is 2.22. The molecule has 128 valence electrons. The highest BCUT2D eigenvalue weighted by Crippen LogP contribution is 2.18. The lowest BCUT2D eigenvalue weighted by molar-refractivity contribution is 0.330. The molecule has 0 bridgehead atoms. The standard InChI is InChI=1S/C18H21BrN2O2S/c19-17-8-5-9-18(12-17)24(22,23)20-13-15-6-1-2-7-16(15)14-21-10-3-4-11-21/h1-2,5-9,12,20H,3-4,10-11,13-14H2. The van der Waals surface area contributed by atoms with Crippen LogP contribution in [0, 0.1) is 0 Å². The Morgan fingerprint density at radius 2 is 1.71 bits per heavy atom. The van der Waals surface area contributed by atoms with Gasteiger partial charge >= 0.3 is 0 Å². The number of likely N-dealkylation sites (tertiary alicyclic amines) is 1. The third-order valence-corrected chi connectivity index (χ3v) is 6.16. The summed E-state index contributed by atoms with van der Waals surface area (Å²) in [6, 6.07) is 14.8. The second-order valence-corrected chi connectivity index (χ2v) is 8.72. The SMILES string of the molecule is O=S(=O)(NCc1ccccc1CN1CCCC1)c1cccc(Br)c1. The Hall–Kier alpha value is -1.21. The Morgan fingerprint density at radius 3 is 2.42 bits per heavy atom. The molecule has 0 aromatic heterocycles. The molecule has 1 aliphatic heterocycles. The summed E-state index contributed by atoms with van der Waals surface area (Å²) in [5.74, 6) is 0. The molecule has 1 aliphatic rings. The largest absolute Gasteiger partial charge is 0.299 e. The molecule has 1 saturated heterocycles. The van der Waals surface area contributed by atoms with Gasteiger partial charge in [0.1, 0.15) is 0 Å². The zero-order valence-corrected chi connectivity index (χ0v) is 15.8. The van der Waals surface area contributed by atoms with E-state index in [1.165, 1.54) is 18.4 Å². The van der Waals surface area contributed by atoms with Crippen molar-refractivity contribution in [1.82, 2.24) is 9.62 Å². The Bertz CT molecular complexity index is 802. The van der Waals surface area contributed by atoms with Gasteiger partial charge in [-0.1, -0.05) is 46.3 Å². The topological polar surface area (TPSA) is 49.4 Å². The van der Waals surface area contributed by atoms with E-state index in [1.54, 1.807) is 18.2 Å². The van der Waals surface area contributed by atoms with E-state index in [2.05, 4.69) is 31.6 Å². The van der Waals surface area contributed by atoms with Gasteiger partial charge in [0.2, 0.25) is 10.0 Å². The Morgan fingerprint density at radius 1 is 1.00 bits per heavy atom. The van der Waals surface area contributed by atoms with Crippen LogP contribution >= 0.6 is 15.9 Å². The van der Waals surface area contributed by atoms with Crippen molar-refractivity contribution in [2.45, 2.75) is 30.8 Å². The molecule has 24 heavy (non-hydrogen) atoms. The van der Waals surface area contributed by atoms with Gasteiger partial charge in [0, 0.05) is 17.6 Å². The molecular weight excluding hydrogens is 388 g/mol. The Kier molecular flexibility index (Phi) is 5.71. The van der Waals surface area contributed by atoms with Gasteiger partial charge in [-0.25, -0.2) is 13.1 Å². The van der Waals surface area contributed by atoms with Crippen molar-refractivity contribution in [2.75, 3.05) is 13.1 Å². The molecular formula is C18H21BrN2O2S. The molecule has 6 heteroatoms. The van der Waals surface area contributed by atoms with E-state index in [4.69, 9.17) is 0 Å². The van der Waals surface area contributed by atoms with Crippen LogP contribution in [0.1, 0.15) is 24.0 Å². The third kappa shape index (κ3) is 4.45. The van der Waals surface area contributed by atoms with Crippen molar-refractivity contribution >= 4 is 26.0 Å². The molecule has 0 amide bonds. The minimum Gasteiger partial charge on any atom is -0.299 e. The molecule has 0 radical (unpaired) electrons. The van der Waals surface area contributed by atoms with Crippen LogP contribution in [-0.4, -0.2) is 26.4 Å². The molecule has 2 aromatic rings. The van der Waals surface area contributed by atoms with E-state index in [1.807, 2.05) is 24.3 Å². The predicted octanol–water partition coefficient (Wildman–Crippen LogP) is 3.52. The molecule has 1 heterocycles. The van der Waals surface area contributed by atoms with Gasteiger partial charge in [-0.15, -0.1) is 0 Å². The molecule has 4 nitrogen and oxygen atoms in total. The molecule has 2 aromatic carbocycles. The van der Waals surface area contributed by atoms with Crippen molar-refractivity contribution in [3.8, 4) is 0 Å². The highest BCUT2D eigenvalue weighted by molar-refractivity contribution is 9.10. The van der Waals surface area contributed by atoms with Crippen LogP contribution in [0.15, 0.2) is 57.9 Å². The maximum Gasteiger partial charge on any atom is 0.240 e. The van der Waals surface area contributed by atoms with Gasteiger partial charge in [0.15, 0.2) is 0 Å². The average Bonchev–Trinajstić information content (AvgIpc) is 3.07. The smallest absolute Gasteiger partial charge is 0.240 e. The lowest BCUT2D eigenvalue weighted by Gasteiger charge is -2.17. The number of hydrogen-bond donors (Lipinski definition) is 1. The van der Waals surface area contributed by atoms with Gasteiger partial charge in [0.25, 0.3) is 0 Å². The Balaban J connectivity index is 1.72. The zero-order valence-electron chi connectivity index (χ0n) is 13.4. The summed E-state index contributed by atoms with van der Waals surface area (Å²) < 4.78 is 28.4. The first-order valence-corrected chi connectivity index (χ1v) is 10.4. The first kappa shape index (κ1) is 17.6. The van der Waals surface area contributed by atoms with Crippen LogP contribution in [0.4, 0.5) is 0 Å². The van der Waals surface area contributed by atoms with E-state index in [9.17, 15) is 8.42 Å². The minimum atomic E-state index is -3.52. The van der Waals surface area contributed by atoms with Crippen molar-refractivity contribution in [3.63, 3.8) is 0 Å². The highest BCUT2D eigenvalue weighted by Gasteiger charge is 2.16. The normalized spacial score (nSPS) is 15.7. The van der Waals surface area contributed by atoms with Crippen LogP contribution in [0.3, 0.4) is 0 Å². The lowest BCUT2D eigenvalue weighted by atomic mass is 10.1. The molecule has 1 fully saturated rings. The zero-order chi connectivity index (χ0) is 17.0. The van der Waals surface area contributed by atoms with Gasteiger partial charge in [-0.05, 0) is 55.3 Å². The number of benzene rings is 2. The van der Waals surface area contributed by atoms with E-state index in [0.717, 1.165) is 29.7 Å². The third-order valence-electron chi connectivity index (χ3n) is 4.27. The number of hydrogen-bond acceptors (Lipinski definition) is 3. The maximum atomic E-state index is 12.5. The van der Waals surface area contributed by atoms with Gasteiger partial charge in [-0.2, -0.15) is 0 Å². The van der Waals surface area contributed by atoms with E-state index in [-0.39, 0.29) is 4.90 Å². The van der Waals surface area contributed by atoms with Crippen molar-refractivity contribution in [1.29, 1.82) is 0 Å². The van der Waals surface area contributed by atoms with Crippen molar-refractivity contribution < 1.29 is 8.42 Å². The van der Waals surface area contributed by atoms with Crippen LogP contribution < -0.4 is 4.72 Å². The molecule has 0 saturated carbocycles. The number of nitrogens with one attached hydrogen (secondary N) is 1. The number of rotatable bonds is 6. The monoisotopic (exact) mass is 408 g/mol. The summed E-state index contributed by atoms with van der Waals surface area (Å²) in [6.45, 7) is 3.43. The number of nitrogens with zero attached hydrogens (tertiary/aromatic N) is 1. The van der Waals surface area contributed by atoms with Crippen LogP contribution in [-0.2, 0) is 23.1 Å². The first-order chi connectivity index (χ1) is 11.5. The van der Waals surface area contributed by atoms with Gasteiger partial charge < -0.3 is 0 Å². The molecule has 0 spiro atoms. The van der Waals surface area contributed by atoms with Gasteiger partial charge in [-0.3, -0.25) is 4.90 Å². The summed E-state index contributed by atoms with van der Waals surface area (Å²) in [5, 5.41) is 0. The van der Waals surface area contributed by atoms with Crippen LogP contribution in [0.2, 0.25) is 0 Å². The van der Waals surface area contributed by atoms with Crippen LogP contribution in [0.25, 0.3) is 0 Å².